The van der Waals surface area contributed by atoms with Gasteiger partial charge in [0.15, 0.2) is 0 Å². The number of benzene rings is 1. The third kappa shape index (κ3) is 2.96. The van der Waals surface area contributed by atoms with Crippen LogP contribution in [0, 0.1) is 0 Å². The van der Waals surface area contributed by atoms with Gasteiger partial charge in [0.2, 0.25) is 15.9 Å². The molecule has 0 N–H and O–H groups in total. The zero-order valence-electron chi connectivity index (χ0n) is 11.9. The average Bonchev–Trinajstić information content (AvgIpc) is 3.07. The lowest BCUT2D eigenvalue weighted by Crippen LogP contribution is -2.40. The number of nitrogens with zero attached hydrogens (tertiary/aromatic N) is 2. The van der Waals surface area contributed by atoms with E-state index in [1.807, 2.05) is 35.2 Å². The molecule has 2 saturated heterocycles. The van der Waals surface area contributed by atoms with E-state index in [4.69, 9.17) is 0 Å². The molecule has 0 bridgehead atoms. The summed E-state index contributed by atoms with van der Waals surface area (Å²) in [5.41, 5.74) is 1.13. The number of rotatable bonds is 3. The third-order valence-electron chi connectivity index (χ3n) is 4.27. The summed E-state index contributed by atoms with van der Waals surface area (Å²) in [4.78, 5) is 14.3. The minimum atomic E-state index is -3.21. The molecule has 1 aromatic carbocycles. The Morgan fingerprint density at radius 3 is 2.57 bits per heavy atom. The highest BCUT2D eigenvalue weighted by molar-refractivity contribution is 7.89. The van der Waals surface area contributed by atoms with Gasteiger partial charge in [-0.05, 0) is 24.8 Å². The number of carbonyl (C=O) groups excluding carboxylic acids is 1. The van der Waals surface area contributed by atoms with Crippen LogP contribution in [0.15, 0.2) is 30.3 Å². The van der Waals surface area contributed by atoms with Gasteiger partial charge in [-0.3, -0.25) is 4.79 Å². The van der Waals surface area contributed by atoms with Crippen LogP contribution >= 0.6 is 0 Å². The fourth-order valence-corrected chi connectivity index (χ4v) is 4.66. The molecule has 2 aliphatic rings. The molecule has 5 nitrogen and oxygen atoms in total. The van der Waals surface area contributed by atoms with Crippen molar-refractivity contribution in [3.63, 3.8) is 0 Å². The van der Waals surface area contributed by atoms with Gasteiger partial charge in [0.25, 0.3) is 0 Å². The Labute approximate surface area is 125 Å². The van der Waals surface area contributed by atoms with Crippen LogP contribution < -0.4 is 0 Å². The number of hydrogen-bond donors (Lipinski definition) is 0. The minimum Gasteiger partial charge on any atom is -0.335 e. The van der Waals surface area contributed by atoms with Crippen LogP contribution in [0.4, 0.5) is 0 Å². The first-order valence-electron chi connectivity index (χ1n) is 7.40. The molecule has 0 radical (unpaired) electrons. The molecule has 2 aliphatic heterocycles. The number of hydrogen-bond acceptors (Lipinski definition) is 3. The lowest BCUT2D eigenvalue weighted by Gasteiger charge is -2.27. The van der Waals surface area contributed by atoms with E-state index in [0.717, 1.165) is 18.4 Å². The fourth-order valence-electron chi connectivity index (χ4n) is 3.20. The predicted octanol–water partition coefficient (Wildman–Crippen LogP) is 1.39. The molecule has 21 heavy (non-hydrogen) atoms. The van der Waals surface area contributed by atoms with E-state index in [0.29, 0.717) is 19.5 Å². The van der Waals surface area contributed by atoms with Crippen LogP contribution in [0.1, 0.15) is 30.9 Å². The Hall–Kier alpha value is -1.40. The smallest absolute Gasteiger partial charge is 0.238 e. The molecule has 114 valence electrons. The first-order chi connectivity index (χ1) is 10.1. The van der Waals surface area contributed by atoms with E-state index in [9.17, 15) is 13.2 Å². The third-order valence-corrected chi connectivity index (χ3v) is 6.18. The summed E-state index contributed by atoms with van der Waals surface area (Å²) in [5.74, 6) is 0.0920. The van der Waals surface area contributed by atoms with Crippen molar-refractivity contribution in [2.24, 2.45) is 0 Å². The summed E-state index contributed by atoms with van der Waals surface area (Å²) >= 11 is 0. The molecule has 6 heteroatoms. The molecule has 1 atom stereocenters. The average molecular weight is 308 g/mol. The zero-order chi connectivity index (χ0) is 14.9. The highest BCUT2D eigenvalue weighted by atomic mass is 32.2. The second-order valence-corrected chi connectivity index (χ2v) is 7.75. The largest absolute Gasteiger partial charge is 0.335 e. The van der Waals surface area contributed by atoms with Crippen molar-refractivity contribution in [3.8, 4) is 0 Å². The lowest BCUT2D eigenvalue weighted by atomic mass is 10.0. The van der Waals surface area contributed by atoms with Crippen molar-refractivity contribution < 1.29 is 13.2 Å². The van der Waals surface area contributed by atoms with Gasteiger partial charge < -0.3 is 4.90 Å². The standard InChI is InChI=1S/C15H20N2O3S/c18-15(12-16-9-5-11-21(16,19)20)17-10-4-8-14(17)13-6-2-1-3-7-13/h1-3,6-7,14H,4-5,8-12H2/t14-/m1/s1. The summed E-state index contributed by atoms with van der Waals surface area (Å²) < 4.78 is 25.0. The molecule has 0 unspecified atom stereocenters. The van der Waals surface area contributed by atoms with Gasteiger partial charge in [-0.15, -0.1) is 0 Å². The second kappa shape index (κ2) is 5.77. The van der Waals surface area contributed by atoms with E-state index in [1.54, 1.807) is 0 Å². The molecule has 2 heterocycles. The van der Waals surface area contributed by atoms with E-state index in [2.05, 4.69) is 0 Å². The maximum Gasteiger partial charge on any atom is 0.238 e. The quantitative estimate of drug-likeness (QED) is 0.848. The van der Waals surface area contributed by atoms with Crippen LogP contribution in [-0.4, -0.2) is 48.9 Å². The van der Waals surface area contributed by atoms with Crippen LogP contribution in [0.5, 0.6) is 0 Å². The van der Waals surface area contributed by atoms with Crippen molar-refractivity contribution >= 4 is 15.9 Å². The van der Waals surface area contributed by atoms with Gasteiger partial charge in [-0.2, -0.15) is 4.31 Å². The molecule has 3 rings (SSSR count). The highest BCUT2D eigenvalue weighted by Gasteiger charge is 2.35. The SMILES string of the molecule is O=C(CN1CCCS1(=O)=O)N1CCC[C@@H]1c1ccccc1. The summed E-state index contributed by atoms with van der Waals surface area (Å²) in [5, 5.41) is 0. The van der Waals surface area contributed by atoms with Gasteiger partial charge in [-0.1, -0.05) is 30.3 Å². The molecule has 0 aromatic heterocycles. The normalized spacial score (nSPS) is 25.3. The number of sulfonamides is 1. The molecule has 1 amide bonds. The molecule has 0 saturated carbocycles. The van der Waals surface area contributed by atoms with Gasteiger partial charge >= 0.3 is 0 Å². The van der Waals surface area contributed by atoms with Crippen LogP contribution in [0.2, 0.25) is 0 Å². The Morgan fingerprint density at radius 1 is 1.14 bits per heavy atom. The maximum atomic E-state index is 12.5. The summed E-state index contributed by atoms with van der Waals surface area (Å²) in [6.07, 6.45) is 2.54. The van der Waals surface area contributed by atoms with Crippen molar-refractivity contribution in [2.45, 2.75) is 25.3 Å². The lowest BCUT2D eigenvalue weighted by molar-refractivity contribution is -0.132. The Bertz CT molecular complexity index is 615. The first-order valence-corrected chi connectivity index (χ1v) is 9.01. The van der Waals surface area contributed by atoms with Crippen molar-refractivity contribution in [1.29, 1.82) is 0 Å². The number of carbonyl (C=O) groups is 1. The summed E-state index contributed by atoms with van der Waals surface area (Å²) in [6.45, 7) is 1.18. The topological polar surface area (TPSA) is 57.7 Å². The Balaban J connectivity index is 1.72. The minimum absolute atomic E-state index is 0.00827. The van der Waals surface area contributed by atoms with E-state index in [-0.39, 0.29) is 24.2 Å². The first kappa shape index (κ1) is 14.5. The van der Waals surface area contributed by atoms with Crippen LogP contribution in [-0.2, 0) is 14.8 Å². The number of likely N-dealkylation sites (tertiary alicyclic amines) is 1. The summed E-state index contributed by atoms with van der Waals surface area (Å²) in [7, 11) is -3.21. The van der Waals surface area contributed by atoms with Crippen LogP contribution in [0.25, 0.3) is 0 Å². The molecule has 1 aromatic rings. The predicted molar refractivity (Wildman–Crippen MR) is 80.1 cm³/mol. The second-order valence-electron chi connectivity index (χ2n) is 5.66. The molecular formula is C15H20N2O3S. The zero-order valence-corrected chi connectivity index (χ0v) is 12.8. The van der Waals surface area contributed by atoms with E-state index < -0.39 is 10.0 Å². The molecule has 0 spiro atoms. The van der Waals surface area contributed by atoms with E-state index in [1.165, 1.54) is 4.31 Å². The van der Waals surface area contributed by atoms with Crippen molar-refractivity contribution in [3.05, 3.63) is 35.9 Å². The van der Waals surface area contributed by atoms with Gasteiger partial charge in [0.1, 0.15) is 0 Å². The molecular weight excluding hydrogens is 288 g/mol. The Kier molecular flexibility index (Phi) is 3.99. The van der Waals surface area contributed by atoms with E-state index >= 15 is 0 Å². The maximum absolute atomic E-state index is 12.5. The summed E-state index contributed by atoms with van der Waals surface area (Å²) in [6, 6.07) is 10.1. The Morgan fingerprint density at radius 2 is 1.90 bits per heavy atom. The van der Waals surface area contributed by atoms with Crippen LogP contribution in [0.3, 0.4) is 0 Å². The van der Waals surface area contributed by atoms with Crippen molar-refractivity contribution in [2.75, 3.05) is 25.4 Å². The van der Waals surface area contributed by atoms with Gasteiger partial charge in [0, 0.05) is 13.1 Å². The van der Waals surface area contributed by atoms with Gasteiger partial charge in [0.05, 0.1) is 18.3 Å². The molecule has 2 fully saturated rings. The highest BCUT2D eigenvalue weighted by Crippen LogP contribution is 2.32. The fraction of sp³-hybridized carbons (Fsp3) is 0.533. The monoisotopic (exact) mass is 308 g/mol. The van der Waals surface area contributed by atoms with Gasteiger partial charge in [-0.25, -0.2) is 8.42 Å². The number of amides is 1. The molecule has 0 aliphatic carbocycles. The van der Waals surface area contributed by atoms with Crippen molar-refractivity contribution in [1.82, 2.24) is 9.21 Å².